The van der Waals surface area contributed by atoms with Crippen molar-refractivity contribution in [2.75, 3.05) is 4.72 Å². The second-order valence-electron chi connectivity index (χ2n) is 5.02. The van der Waals surface area contributed by atoms with Gasteiger partial charge in [0.1, 0.15) is 9.90 Å². The highest BCUT2D eigenvalue weighted by atomic mass is 32.2. The largest absolute Gasteiger partial charge is 0.265 e. The van der Waals surface area contributed by atoms with Gasteiger partial charge in [-0.25, -0.2) is 8.42 Å². The Kier molecular flexibility index (Phi) is 4.10. The smallest absolute Gasteiger partial charge is 0.263 e. The average molecular weight is 346 g/mol. The normalized spacial score (nSPS) is 11.4. The molecular formula is C15H14N4O2S2. The molecule has 0 bridgehead atoms. The number of rotatable bonds is 4. The average Bonchev–Trinajstić information content (AvgIpc) is 2.95. The number of hydrogen-bond acceptors (Lipinski definition) is 6. The maximum Gasteiger partial charge on any atom is 0.265 e. The Hall–Kier alpha value is -2.32. The fraction of sp³-hybridized carbons (Fsp3) is 0.133. The summed E-state index contributed by atoms with van der Waals surface area (Å²) in [5, 5.41) is 8.90. The van der Waals surface area contributed by atoms with E-state index in [4.69, 9.17) is 0 Å². The zero-order chi connectivity index (χ0) is 16.4. The van der Waals surface area contributed by atoms with Crippen molar-refractivity contribution >= 4 is 26.5 Å². The van der Waals surface area contributed by atoms with Crippen molar-refractivity contribution in [3.05, 3.63) is 53.9 Å². The third kappa shape index (κ3) is 3.38. The lowest BCUT2D eigenvalue weighted by atomic mass is 10.1. The van der Waals surface area contributed by atoms with Crippen LogP contribution in [0.25, 0.3) is 10.6 Å². The summed E-state index contributed by atoms with van der Waals surface area (Å²) >= 11 is 1.19. The van der Waals surface area contributed by atoms with Gasteiger partial charge in [-0.05, 0) is 31.5 Å². The molecule has 0 aliphatic carbocycles. The lowest BCUT2D eigenvalue weighted by Gasteiger charge is -2.03. The summed E-state index contributed by atoms with van der Waals surface area (Å²) in [4.78, 5) is 3.90. The molecule has 6 nitrogen and oxygen atoms in total. The summed E-state index contributed by atoms with van der Waals surface area (Å²) < 4.78 is 26.9. The summed E-state index contributed by atoms with van der Waals surface area (Å²) in [6.45, 7) is 4.01. The monoisotopic (exact) mass is 346 g/mol. The van der Waals surface area contributed by atoms with E-state index in [1.54, 1.807) is 6.07 Å². The van der Waals surface area contributed by atoms with Gasteiger partial charge in [-0.15, -0.1) is 10.2 Å². The Bertz CT molecular complexity index is 937. The first-order valence-corrected chi connectivity index (χ1v) is 9.10. The van der Waals surface area contributed by atoms with Gasteiger partial charge in [-0.2, -0.15) is 0 Å². The number of aryl methyl sites for hydroxylation is 2. The number of sulfonamides is 1. The number of anilines is 1. The number of hydrogen-bond donors (Lipinski definition) is 1. The molecule has 0 atom stereocenters. The van der Waals surface area contributed by atoms with E-state index < -0.39 is 10.0 Å². The van der Waals surface area contributed by atoms with E-state index in [9.17, 15) is 8.42 Å². The Morgan fingerprint density at radius 2 is 1.96 bits per heavy atom. The predicted molar refractivity (Wildman–Crippen MR) is 89.9 cm³/mol. The molecule has 8 heteroatoms. The molecule has 1 N–H and O–H groups in total. The lowest BCUT2D eigenvalue weighted by molar-refractivity contribution is 0.600. The Balaban J connectivity index is 1.88. The summed E-state index contributed by atoms with van der Waals surface area (Å²) in [5.74, 6) is 0. The highest BCUT2D eigenvalue weighted by Gasteiger charge is 2.17. The fourth-order valence-corrected chi connectivity index (χ4v) is 4.13. The van der Waals surface area contributed by atoms with E-state index in [-0.39, 0.29) is 10.0 Å². The first kappa shape index (κ1) is 15.6. The quantitative estimate of drug-likeness (QED) is 0.785. The molecule has 0 radical (unpaired) electrons. The Morgan fingerprint density at radius 3 is 2.65 bits per heavy atom. The molecule has 0 saturated carbocycles. The summed E-state index contributed by atoms with van der Waals surface area (Å²) in [6, 6.07) is 9.04. The first-order chi connectivity index (χ1) is 11.0. The molecule has 2 aromatic heterocycles. The molecule has 0 aliphatic heterocycles. The van der Waals surface area contributed by atoms with Crippen LogP contribution in [0.2, 0.25) is 0 Å². The van der Waals surface area contributed by atoms with Gasteiger partial charge in [-0.3, -0.25) is 9.71 Å². The second-order valence-corrected chi connectivity index (χ2v) is 7.68. The van der Waals surface area contributed by atoms with Crippen LogP contribution < -0.4 is 4.72 Å². The van der Waals surface area contributed by atoms with Crippen LogP contribution in [0.1, 0.15) is 11.1 Å². The molecule has 0 aliphatic rings. The van der Waals surface area contributed by atoms with E-state index in [0.29, 0.717) is 5.01 Å². The van der Waals surface area contributed by atoms with E-state index in [1.807, 2.05) is 26.0 Å². The predicted octanol–water partition coefficient (Wildman–Crippen LogP) is 3.02. The minimum absolute atomic E-state index is 0.0864. The van der Waals surface area contributed by atoms with Crippen LogP contribution in [-0.2, 0) is 10.0 Å². The molecule has 0 fully saturated rings. The maximum absolute atomic E-state index is 12.2. The zero-order valence-corrected chi connectivity index (χ0v) is 14.1. The van der Waals surface area contributed by atoms with Gasteiger partial charge in [0.15, 0.2) is 0 Å². The summed E-state index contributed by atoms with van der Waals surface area (Å²) in [7, 11) is -3.70. The number of nitrogens with one attached hydrogen (secondary N) is 1. The van der Waals surface area contributed by atoms with Gasteiger partial charge >= 0.3 is 0 Å². The molecule has 2 heterocycles. The number of aromatic nitrogens is 3. The van der Waals surface area contributed by atoms with E-state index in [0.717, 1.165) is 16.7 Å². The third-order valence-electron chi connectivity index (χ3n) is 3.20. The van der Waals surface area contributed by atoms with Gasteiger partial charge in [0.2, 0.25) is 5.13 Å². The van der Waals surface area contributed by atoms with Crippen molar-refractivity contribution in [1.82, 2.24) is 15.2 Å². The topological polar surface area (TPSA) is 84.8 Å². The van der Waals surface area contributed by atoms with Crippen molar-refractivity contribution in [1.29, 1.82) is 0 Å². The first-order valence-electron chi connectivity index (χ1n) is 6.80. The zero-order valence-electron chi connectivity index (χ0n) is 12.5. The molecule has 0 saturated heterocycles. The minimum atomic E-state index is -3.70. The van der Waals surface area contributed by atoms with Crippen molar-refractivity contribution in [3.63, 3.8) is 0 Å². The van der Waals surface area contributed by atoms with Crippen LogP contribution >= 0.6 is 11.3 Å². The maximum atomic E-state index is 12.2. The van der Waals surface area contributed by atoms with Crippen LogP contribution in [0.4, 0.5) is 5.13 Å². The Morgan fingerprint density at radius 1 is 1.13 bits per heavy atom. The molecule has 118 valence electrons. The van der Waals surface area contributed by atoms with Crippen molar-refractivity contribution in [2.24, 2.45) is 0 Å². The third-order valence-corrected chi connectivity index (χ3v) is 5.53. The standard InChI is InChI=1S/C15H14N4O2S2/c1-10-5-6-13(11(2)8-10)14-17-18-15(22-14)19-23(20,21)12-4-3-7-16-9-12/h3-9H,1-2H3,(H,18,19). The lowest BCUT2D eigenvalue weighted by Crippen LogP contribution is -2.12. The fourth-order valence-electron chi connectivity index (χ4n) is 2.11. The van der Waals surface area contributed by atoms with Gasteiger partial charge in [0.05, 0.1) is 0 Å². The van der Waals surface area contributed by atoms with Crippen LogP contribution in [0.3, 0.4) is 0 Å². The number of benzene rings is 1. The van der Waals surface area contributed by atoms with E-state index in [2.05, 4.69) is 26.0 Å². The molecule has 3 aromatic rings. The highest BCUT2D eigenvalue weighted by molar-refractivity contribution is 7.93. The number of nitrogens with zero attached hydrogens (tertiary/aromatic N) is 3. The molecule has 3 rings (SSSR count). The highest BCUT2D eigenvalue weighted by Crippen LogP contribution is 2.30. The molecule has 0 amide bonds. The SMILES string of the molecule is Cc1ccc(-c2nnc(NS(=O)(=O)c3cccnc3)s2)c(C)c1. The van der Waals surface area contributed by atoms with Gasteiger partial charge in [-0.1, -0.05) is 35.1 Å². The van der Waals surface area contributed by atoms with Crippen LogP contribution in [0.15, 0.2) is 47.6 Å². The summed E-state index contributed by atoms with van der Waals surface area (Å²) in [6.07, 6.45) is 2.80. The molecule has 23 heavy (non-hydrogen) atoms. The molecular weight excluding hydrogens is 332 g/mol. The number of pyridine rings is 1. The van der Waals surface area contributed by atoms with Crippen molar-refractivity contribution in [3.8, 4) is 10.6 Å². The molecule has 1 aromatic carbocycles. The Labute approximate surface area is 138 Å². The van der Waals surface area contributed by atoms with E-state index >= 15 is 0 Å². The van der Waals surface area contributed by atoms with Gasteiger partial charge in [0, 0.05) is 18.0 Å². The van der Waals surface area contributed by atoms with Crippen LogP contribution in [0, 0.1) is 13.8 Å². The van der Waals surface area contributed by atoms with Gasteiger partial charge < -0.3 is 0 Å². The van der Waals surface area contributed by atoms with E-state index in [1.165, 1.54) is 29.8 Å². The van der Waals surface area contributed by atoms with Crippen molar-refractivity contribution < 1.29 is 8.42 Å². The summed E-state index contributed by atoms with van der Waals surface area (Å²) in [5.41, 5.74) is 3.18. The van der Waals surface area contributed by atoms with Crippen LogP contribution in [0.5, 0.6) is 0 Å². The minimum Gasteiger partial charge on any atom is -0.263 e. The van der Waals surface area contributed by atoms with Crippen molar-refractivity contribution in [2.45, 2.75) is 18.7 Å². The van der Waals surface area contributed by atoms with Gasteiger partial charge in [0.25, 0.3) is 10.0 Å². The second kappa shape index (κ2) is 6.05. The molecule has 0 spiro atoms. The van der Waals surface area contributed by atoms with Crippen LogP contribution in [-0.4, -0.2) is 23.6 Å². The molecule has 0 unspecified atom stereocenters.